The van der Waals surface area contributed by atoms with Crippen molar-refractivity contribution in [2.75, 3.05) is 11.9 Å². The molecule has 10 nitrogen and oxygen atoms in total. The van der Waals surface area contributed by atoms with Crippen LogP contribution in [0.1, 0.15) is 38.8 Å². The number of carbonyl (C=O) groups excluding carboxylic acids is 4. The maximum Gasteiger partial charge on any atom is 0.408 e. The molecule has 0 spiro atoms. The van der Waals surface area contributed by atoms with Gasteiger partial charge in [0.05, 0.1) is 11.6 Å². The summed E-state index contributed by atoms with van der Waals surface area (Å²) in [5.74, 6) is -1.89. The lowest BCUT2D eigenvalue weighted by Crippen LogP contribution is -2.55. The summed E-state index contributed by atoms with van der Waals surface area (Å²) in [6, 6.07) is 15.0. The molecule has 3 amide bonds. The summed E-state index contributed by atoms with van der Waals surface area (Å²) in [6.07, 6.45) is -0.724. The lowest BCUT2D eigenvalue weighted by molar-refractivity contribution is -0.143. The van der Waals surface area contributed by atoms with Crippen LogP contribution in [0.3, 0.4) is 0 Å². The number of carbonyl (C=O) groups is 4. The van der Waals surface area contributed by atoms with Gasteiger partial charge in [-0.2, -0.15) is 5.26 Å². The van der Waals surface area contributed by atoms with Crippen LogP contribution in [0.2, 0.25) is 0 Å². The number of anilines is 1. The third-order valence-electron chi connectivity index (χ3n) is 4.66. The first kappa shape index (κ1) is 27.9. The van der Waals surface area contributed by atoms with Crippen LogP contribution in [-0.4, -0.2) is 48.2 Å². The molecular weight excluding hydrogens is 464 g/mol. The van der Waals surface area contributed by atoms with E-state index in [0.717, 1.165) is 5.56 Å². The van der Waals surface area contributed by atoms with Gasteiger partial charge in [-0.15, -0.1) is 0 Å². The van der Waals surface area contributed by atoms with E-state index in [1.807, 2.05) is 24.3 Å². The van der Waals surface area contributed by atoms with Crippen LogP contribution in [-0.2, 0) is 30.3 Å². The van der Waals surface area contributed by atoms with Gasteiger partial charge in [0.1, 0.15) is 24.3 Å². The summed E-state index contributed by atoms with van der Waals surface area (Å²) in [5, 5.41) is 16.7. The molecule has 0 bridgehead atoms. The highest BCUT2D eigenvalue weighted by Crippen LogP contribution is 2.12. The normalized spacial score (nSPS) is 12.3. The Morgan fingerprint density at radius 1 is 0.917 bits per heavy atom. The van der Waals surface area contributed by atoms with Gasteiger partial charge in [0.15, 0.2) is 0 Å². The number of nitriles is 1. The van der Waals surface area contributed by atoms with Crippen molar-refractivity contribution in [2.24, 2.45) is 0 Å². The van der Waals surface area contributed by atoms with Crippen molar-refractivity contribution in [1.82, 2.24) is 10.6 Å². The first-order chi connectivity index (χ1) is 17.0. The number of esters is 1. The minimum Gasteiger partial charge on any atom is -0.463 e. The SMILES string of the molecule is CC(=O)OC[C@H](NC(=O)OC(C)(C)C)C(=O)N[C@@H](Cc1ccccc1)C(=O)Nc1ccc(C#N)cc1. The fraction of sp³-hybridized carbons (Fsp3) is 0.346. The molecule has 36 heavy (non-hydrogen) atoms. The average Bonchev–Trinajstić information content (AvgIpc) is 2.81. The highest BCUT2D eigenvalue weighted by atomic mass is 16.6. The van der Waals surface area contributed by atoms with Gasteiger partial charge in [-0.05, 0) is 50.6 Å². The molecule has 0 aromatic heterocycles. The van der Waals surface area contributed by atoms with Crippen LogP contribution in [0.15, 0.2) is 54.6 Å². The molecule has 0 unspecified atom stereocenters. The Morgan fingerprint density at radius 2 is 1.56 bits per heavy atom. The third-order valence-corrected chi connectivity index (χ3v) is 4.66. The number of nitrogens with zero attached hydrogens (tertiary/aromatic N) is 1. The zero-order chi connectivity index (χ0) is 26.7. The molecule has 2 atom stereocenters. The van der Waals surface area contributed by atoms with E-state index < -0.39 is 48.2 Å². The summed E-state index contributed by atoms with van der Waals surface area (Å²) >= 11 is 0. The second-order valence-electron chi connectivity index (χ2n) is 8.93. The minimum atomic E-state index is -1.30. The predicted molar refractivity (Wildman–Crippen MR) is 132 cm³/mol. The van der Waals surface area contributed by atoms with E-state index in [2.05, 4.69) is 16.0 Å². The number of rotatable bonds is 9. The molecule has 0 heterocycles. The van der Waals surface area contributed by atoms with Crippen LogP contribution in [0, 0.1) is 11.3 Å². The zero-order valence-corrected chi connectivity index (χ0v) is 20.7. The quantitative estimate of drug-likeness (QED) is 0.454. The summed E-state index contributed by atoms with van der Waals surface area (Å²) in [6.45, 7) is 5.71. The molecule has 2 aromatic carbocycles. The lowest BCUT2D eigenvalue weighted by atomic mass is 10.0. The van der Waals surface area contributed by atoms with Crippen molar-refractivity contribution >= 4 is 29.6 Å². The molecule has 2 aromatic rings. The van der Waals surface area contributed by atoms with Crippen LogP contribution >= 0.6 is 0 Å². The van der Waals surface area contributed by atoms with Crippen molar-refractivity contribution < 1.29 is 28.7 Å². The van der Waals surface area contributed by atoms with E-state index >= 15 is 0 Å². The third kappa shape index (κ3) is 9.85. The molecule has 0 fully saturated rings. The van der Waals surface area contributed by atoms with Gasteiger partial charge < -0.3 is 25.4 Å². The fourth-order valence-electron chi connectivity index (χ4n) is 3.02. The number of amides is 3. The largest absolute Gasteiger partial charge is 0.463 e. The Morgan fingerprint density at radius 3 is 2.11 bits per heavy atom. The van der Waals surface area contributed by atoms with E-state index in [9.17, 15) is 19.2 Å². The second kappa shape index (κ2) is 12.9. The second-order valence-corrected chi connectivity index (χ2v) is 8.93. The standard InChI is InChI=1S/C26H30N4O6/c1-17(31)35-16-22(30-25(34)36-26(2,3)4)24(33)29-21(14-18-8-6-5-7-9-18)23(32)28-20-12-10-19(15-27)11-13-20/h5-13,21-22H,14,16H2,1-4H3,(H,28,32)(H,29,33)(H,30,34)/t21-,22-/m0/s1. The van der Waals surface area contributed by atoms with Gasteiger partial charge in [0.2, 0.25) is 11.8 Å². The van der Waals surface area contributed by atoms with Crippen LogP contribution < -0.4 is 16.0 Å². The summed E-state index contributed by atoms with van der Waals surface area (Å²) in [7, 11) is 0. The number of nitrogens with one attached hydrogen (secondary N) is 3. The minimum absolute atomic E-state index is 0.154. The average molecular weight is 495 g/mol. The number of benzene rings is 2. The predicted octanol–water partition coefficient (Wildman–Crippen LogP) is 2.68. The molecule has 0 saturated carbocycles. The van der Waals surface area contributed by atoms with E-state index in [0.29, 0.717) is 11.3 Å². The molecule has 0 aliphatic carbocycles. The van der Waals surface area contributed by atoms with Gasteiger partial charge in [-0.25, -0.2) is 4.79 Å². The Kier molecular flexibility index (Phi) is 9.98. The van der Waals surface area contributed by atoms with Gasteiger partial charge in [0.25, 0.3) is 0 Å². The number of alkyl carbamates (subject to hydrolysis) is 1. The van der Waals surface area contributed by atoms with Crippen molar-refractivity contribution in [1.29, 1.82) is 5.26 Å². The van der Waals surface area contributed by atoms with Crippen molar-refractivity contribution in [3.63, 3.8) is 0 Å². The Hall–Kier alpha value is -4.39. The van der Waals surface area contributed by atoms with E-state index in [4.69, 9.17) is 14.7 Å². The van der Waals surface area contributed by atoms with Gasteiger partial charge in [-0.3, -0.25) is 14.4 Å². The first-order valence-corrected chi connectivity index (χ1v) is 11.2. The van der Waals surface area contributed by atoms with E-state index in [1.165, 1.54) is 6.92 Å². The molecular formula is C26H30N4O6. The number of hydrogen-bond acceptors (Lipinski definition) is 7. The van der Waals surface area contributed by atoms with Gasteiger partial charge >= 0.3 is 12.1 Å². The molecule has 0 saturated heterocycles. The first-order valence-electron chi connectivity index (χ1n) is 11.2. The Balaban J connectivity index is 2.22. The molecule has 3 N–H and O–H groups in total. The Bertz CT molecular complexity index is 1100. The molecule has 190 valence electrons. The summed E-state index contributed by atoms with van der Waals surface area (Å²) in [5.41, 5.74) is 0.844. The highest BCUT2D eigenvalue weighted by Gasteiger charge is 2.29. The molecule has 0 radical (unpaired) electrons. The Labute approximate surface area is 210 Å². The smallest absolute Gasteiger partial charge is 0.408 e. The monoisotopic (exact) mass is 494 g/mol. The van der Waals surface area contributed by atoms with Crippen LogP contribution in [0.5, 0.6) is 0 Å². The fourth-order valence-corrected chi connectivity index (χ4v) is 3.02. The maximum absolute atomic E-state index is 13.1. The van der Waals surface area contributed by atoms with E-state index in [1.54, 1.807) is 57.2 Å². The molecule has 2 rings (SSSR count). The van der Waals surface area contributed by atoms with Crippen LogP contribution in [0.4, 0.5) is 10.5 Å². The molecule has 10 heteroatoms. The van der Waals surface area contributed by atoms with Crippen LogP contribution in [0.25, 0.3) is 0 Å². The molecule has 0 aliphatic heterocycles. The lowest BCUT2D eigenvalue weighted by Gasteiger charge is -2.25. The maximum atomic E-state index is 13.1. The zero-order valence-electron chi connectivity index (χ0n) is 20.7. The van der Waals surface area contributed by atoms with E-state index in [-0.39, 0.29) is 6.42 Å². The van der Waals surface area contributed by atoms with Gasteiger partial charge in [-0.1, -0.05) is 30.3 Å². The topological polar surface area (TPSA) is 147 Å². The number of ether oxygens (including phenoxy) is 2. The highest BCUT2D eigenvalue weighted by molar-refractivity contribution is 5.98. The summed E-state index contributed by atoms with van der Waals surface area (Å²) in [4.78, 5) is 49.8. The van der Waals surface area contributed by atoms with Gasteiger partial charge in [0, 0.05) is 19.0 Å². The van der Waals surface area contributed by atoms with Crippen molar-refractivity contribution in [3.05, 3.63) is 65.7 Å². The number of hydrogen-bond donors (Lipinski definition) is 3. The summed E-state index contributed by atoms with van der Waals surface area (Å²) < 4.78 is 10.1. The van der Waals surface area contributed by atoms with Crippen molar-refractivity contribution in [2.45, 2.75) is 51.8 Å². The molecule has 0 aliphatic rings. The van der Waals surface area contributed by atoms with Crippen molar-refractivity contribution in [3.8, 4) is 6.07 Å².